The van der Waals surface area contributed by atoms with Gasteiger partial charge in [-0.15, -0.1) is 0 Å². The van der Waals surface area contributed by atoms with Crippen molar-refractivity contribution in [1.82, 2.24) is 14.8 Å². The van der Waals surface area contributed by atoms with E-state index in [9.17, 15) is 9.59 Å². The number of nitrogens with zero attached hydrogens (tertiary/aromatic N) is 2. The minimum atomic E-state index is -0.400. The van der Waals surface area contributed by atoms with Crippen molar-refractivity contribution >= 4 is 17.6 Å². The Bertz CT molecular complexity index is 690. The van der Waals surface area contributed by atoms with Crippen LogP contribution in [0.5, 0.6) is 0 Å². The molecular weight excluding hydrogens is 282 g/mol. The zero-order chi connectivity index (χ0) is 14.7. The van der Waals surface area contributed by atoms with Crippen molar-refractivity contribution in [2.45, 2.75) is 20.4 Å². The lowest BCUT2D eigenvalue weighted by Crippen LogP contribution is -2.15. The summed E-state index contributed by atoms with van der Waals surface area (Å²) in [5.74, 6) is -0.400. The fraction of sp³-hybridized carbons (Fsp3) is 0.308. The molecule has 0 unspecified atom stereocenters. The average Bonchev–Trinajstić information content (AvgIpc) is 2.68. The summed E-state index contributed by atoms with van der Waals surface area (Å²) in [5.41, 5.74) is 1.05. The van der Waals surface area contributed by atoms with Crippen LogP contribution in [0.3, 0.4) is 0 Å². The number of H-pyrrole nitrogens is 1. The number of nitrogens with one attached hydrogen (secondary N) is 1. The van der Waals surface area contributed by atoms with Gasteiger partial charge in [0, 0.05) is 6.20 Å². The molecule has 0 aromatic carbocycles. The van der Waals surface area contributed by atoms with Gasteiger partial charge in [-0.05, 0) is 26.0 Å². The van der Waals surface area contributed by atoms with Crippen LogP contribution in [0.25, 0.3) is 11.3 Å². The maximum absolute atomic E-state index is 11.8. The molecule has 2 aromatic heterocycles. The van der Waals surface area contributed by atoms with Gasteiger partial charge in [0.2, 0.25) is 0 Å². The lowest BCUT2D eigenvalue weighted by molar-refractivity contribution is -0.144. The number of pyridine rings is 1. The quantitative estimate of drug-likeness (QED) is 0.872. The molecule has 0 bridgehead atoms. The largest absolute Gasteiger partial charge is 0.465 e. The number of rotatable bonds is 4. The van der Waals surface area contributed by atoms with Crippen molar-refractivity contribution in [3.63, 3.8) is 0 Å². The van der Waals surface area contributed by atoms with Gasteiger partial charge in [0.15, 0.2) is 0 Å². The van der Waals surface area contributed by atoms with Gasteiger partial charge in [0.05, 0.1) is 22.9 Å². The molecule has 2 aromatic rings. The highest BCUT2D eigenvalue weighted by molar-refractivity contribution is 6.33. The van der Waals surface area contributed by atoms with Gasteiger partial charge in [-0.25, -0.2) is 0 Å². The average molecular weight is 296 g/mol. The molecule has 2 heterocycles. The highest BCUT2D eigenvalue weighted by atomic mass is 35.5. The third kappa shape index (κ3) is 2.75. The van der Waals surface area contributed by atoms with Crippen LogP contribution in [-0.2, 0) is 16.1 Å². The number of aromatic amines is 1. The van der Waals surface area contributed by atoms with Gasteiger partial charge in [0.1, 0.15) is 12.2 Å². The molecule has 7 heteroatoms. The summed E-state index contributed by atoms with van der Waals surface area (Å²) in [6.45, 7) is 3.73. The minimum Gasteiger partial charge on any atom is -0.465 e. The van der Waals surface area contributed by atoms with E-state index in [-0.39, 0.29) is 12.1 Å². The van der Waals surface area contributed by atoms with Crippen LogP contribution in [0.15, 0.2) is 23.1 Å². The number of esters is 1. The molecule has 1 N–H and O–H groups in total. The van der Waals surface area contributed by atoms with Crippen molar-refractivity contribution in [2.24, 2.45) is 0 Å². The van der Waals surface area contributed by atoms with Crippen LogP contribution in [0.4, 0.5) is 0 Å². The molecule has 0 atom stereocenters. The topological polar surface area (TPSA) is 77.0 Å². The fourth-order valence-electron chi connectivity index (χ4n) is 1.79. The fourth-order valence-corrected chi connectivity index (χ4v) is 2.02. The van der Waals surface area contributed by atoms with E-state index in [4.69, 9.17) is 16.3 Å². The zero-order valence-corrected chi connectivity index (χ0v) is 11.9. The summed E-state index contributed by atoms with van der Waals surface area (Å²) in [6.07, 6.45) is 1.53. The first-order valence-electron chi connectivity index (χ1n) is 6.11. The Kier molecular flexibility index (Phi) is 4.24. The number of carbonyl (C=O) groups is 1. The molecule has 0 aliphatic heterocycles. The monoisotopic (exact) mass is 295 g/mol. The highest BCUT2D eigenvalue weighted by Crippen LogP contribution is 2.27. The second-order valence-corrected chi connectivity index (χ2v) is 4.50. The summed E-state index contributed by atoms with van der Waals surface area (Å²) < 4.78 is 6.30. The molecule has 0 saturated carbocycles. The predicted molar refractivity (Wildman–Crippen MR) is 74.7 cm³/mol. The summed E-state index contributed by atoms with van der Waals surface area (Å²) in [5, 5.41) is 4.58. The number of ether oxygens (including phenoxy) is 1. The van der Waals surface area contributed by atoms with Crippen LogP contribution < -0.4 is 5.56 Å². The first-order valence-corrected chi connectivity index (χ1v) is 6.49. The van der Waals surface area contributed by atoms with Gasteiger partial charge in [-0.3, -0.25) is 14.3 Å². The summed E-state index contributed by atoms with van der Waals surface area (Å²) in [6, 6.07) is 3.31. The first-order chi connectivity index (χ1) is 9.54. The molecule has 2 rings (SSSR count). The van der Waals surface area contributed by atoms with E-state index >= 15 is 0 Å². The van der Waals surface area contributed by atoms with Crippen molar-refractivity contribution in [3.8, 4) is 11.3 Å². The minimum absolute atomic E-state index is 0.0376. The van der Waals surface area contributed by atoms with E-state index in [1.165, 1.54) is 10.9 Å². The molecule has 0 aliphatic rings. The zero-order valence-electron chi connectivity index (χ0n) is 11.1. The van der Waals surface area contributed by atoms with Crippen LogP contribution in [-0.4, -0.2) is 27.3 Å². The highest BCUT2D eigenvalue weighted by Gasteiger charge is 2.18. The van der Waals surface area contributed by atoms with Crippen LogP contribution >= 0.6 is 11.6 Å². The van der Waals surface area contributed by atoms with E-state index < -0.39 is 5.97 Å². The Morgan fingerprint density at radius 3 is 2.95 bits per heavy atom. The van der Waals surface area contributed by atoms with E-state index in [2.05, 4.69) is 10.1 Å². The smallest absolute Gasteiger partial charge is 0.327 e. The van der Waals surface area contributed by atoms with Gasteiger partial charge >= 0.3 is 5.97 Å². The number of aromatic nitrogens is 3. The maximum Gasteiger partial charge on any atom is 0.327 e. The lowest BCUT2D eigenvalue weighted by atomic mass is 10.2. The number of hydrogen-bond acceptors (Lipinski definition) is 4. The Morgan fingerprint density at radius 1 is 1.55 bits per heavy atom. The second kappa shape index (κ2) is 5.92. The van der Waals surface area contributed by atoms with Crippen molar-refractivity contribution in [3.05, 3.63) is 39.4 Å². The molecule has 0 saturated heterocycles. The third-order valence-electron chi connectivity index (χ3n) is 2.79. The Hall–Kier alpha value is -2.08. The summed E-state index contributed by atoms with van der Waals surface area (Å²) in [7, 11) is 0. The molecule has 0 spiro atoms. The standard InChI is InChI=1S/C13H14ClN3O3/c1-3-20-10(18)7-17-8(2)11(14)12(16-17)9-5-4-6-15-13(9)19/h4-6H,3,7H2,1-2H3,(H,15,19). The van der Waals surface area contributed by atoms with Gasteiger partial charge in [0.25, 0.3) is 5.56 Å². The summed E-state index contributed by atoms with van der Waals surface area (Å²) >= 11 is 6.19. The van der Waals surface area contributed by atoms with E-state index in [0.29, 0.717) is 28.6 Å². The van der Waals surface area contributed by atoms with Crippen LogP contribution in [0.1, 0.15) is 12.6 Å². The molecule has 0 fully saturated rings. The van der Waals surface area contributed by atoms with E-state index in [1.807, 2.05) is 0 Å². The lowest BCUT2D eigenvalue weighted by Gasteiger charge is -2.03. The van der Waals surface area contributed by atoms with E-state index in [1.54, 1.807) is 26.0 Å². The number of carbonyl (C=O) groups excluding carboxylic acids is 1. The number of hydrogen-bond donors (Lipinski definition) is 1. The third-order valence-corrected chi connectivity index (χ3v) is 3.24. The van der Waals surface area contributed by atoms with Gasteiger partial charge < -0.3 is 9.72 Å². The second-order valence-electron chi connectivity index (χ2n) is 4.12. The Morgan fingerprint density at radius 2 is 2.30 bits per heavy atom. The number of halogens is 1. The predicted octanol–water partition coefficient (Wildman–Crippen LogP) is 1.76. The van der Waals surface area contributed by atoms with Crippen LogP contribution in [0, 0.1) is 6.92 Å². The maximum atomic E-state index is 11.8. The first kappa shape index (κ1) is 14.3. The normalized spacial score (nSPS) is 10.6. The van der Waals surface area contributed by atoms with Gasteiger partial charge in [-0.2, -0.15) is 5.10 Å². The Labute approximate surface area is 120 Å². The molecule has 0 amide bonds. The summed E-state index contributed by atoms with van der Waals surface area (Å²) in [4.78, 5) is 25.8. The molecule has 6 nitrogen and oxygen atoms in total. The molecular formula is C13H14ClN3O3. The van der Waals surface area contributed by atoms with Crippen molar-refractivity contribution in [1.29, 1.82) is 0 Å². The molecule has 0 aliphatic carbocycles. The Balaban J connectivity index is 2.40. The van der Waals surface area contributed by atoms with Crippen molar-refractivity contribution in [2.75, 3.05) is 6.61 Å². The molecule has 0 radical (unpaired) electrons. The van der Waals surface area contributed by atoms with Gasteiger partial charge in [-0.1, -0.05) is 11.6 Å². The van der Waals surface area contributed by atoms with Crippen molar-refractivity contribution < 1.29 is 9.53 Å². The van der Waals surface area contributed by atoms with E-state index in [0.717, 1.165) is 0 Å². The SMILES string of the molecule is CCOC(=O)Cn1nc(-c2ccc[nH]c2=O)c(Cl)c1C. The molecule has 106 valence electrons. The molecule has 20 heavy (non-hydrogen) atoms. The van der Waals surface area contributed by atoms with Crippen LogP contribution in [0.2, 0.25) is 5.02 Å².